The molecule has 1 saturated carbocycles. The molecule has 0 unspecified atom stereocenters. The Hall–Kier alpha value is -5.39. The molecule has 0 radical (unpaired) electrons. The van der Waals surface area contributed by atoms with Crippen molar-refractivity contribution >= 4 is 28.2 Å². The van der Waals surface area contributed by atoms with Crippen LogP contribution in [-0.2, 0) is 18.8 Å². The smallest absolute Gasteiger partial charge is 0.409 e. The SMILES string of the molecule is COC(=O)N1CCOc2cccc(c2)-c2c(-c3cn(C)nc3F)n(-c3ccccc3)c3ncc4c(c23)n(c(=O)n4C)[C@@H]2CC[C@@H]1C2. The number of hydrogen-bond donors (Lipinski definition) is 0. The van der Waals surface area contributed by atoms with E-state index in [-0.39, 0.29) is 24.4 Å². The number of ether oxygens (including phenoxy) is 2. The number of amides is 1. The number of rotatable bonds is 2. The second-order valence-electron chi connectivity index (χ2n) is 12.0. The van der Waals surface area contributed by atoms with E-state index < -0.39 is 12.0 Å². The first-order valence-corrected chi connectivity index (χ1v) is 15.3. The van der Waals surface area contributed by atoms with Gasteiger partial charge < -0.3 is 14.4 Å². The number of methoxy groups -OCH3 is 1. The van der Waals surface area contributed by atoms with Gasteiger partial charge in [0.05, 0.1) is 47.5 Å². The Balaban J connectivity index is 1.55. The van der Waals surface area contributed by atoms with Crippen molar-refractivity contribution in [3.63, 3.8) is 0 Å². The molecule has 4 aromatic heterocycles. The summed E-state index contributed by atoms with van der Waals surface area (Å²) in [6.07, 6.45) is 4.93. The van der Waals surface area contributed by atoms with Crippen molar-refractivity contribution in [3.8, 4) is 33.8 Å². The van der Waals surface area contributed by atoms with Gasteiger partial charge in [0.2, 0.25) is 5.95 Å². The van der Waals surface area contributed by atoms with E-state index in [9.17, 15) is 9.59 Å². The summed E-state index contributed by atoms with van der Waals surface area (Å²) in [6.45, 7) is 0.576. The monoisotopic (exact) mass is 621 g/mol. The average molecular weight is 622 g/mol. The summed E-state index contributed by atoms with van der Waals surface area (Å²) in [5.74, 6) is -0.0266. The first-order chi connectivity index (χ1) is 22.4. The molecular weight excluding hydrogens is 589 g/mol. The van der Waals surface area contributed by atoms with Gasteiger partial charge in [0.25, 0.3) is 0 Å². The molecule has 4 bridgehead atoms. The van der Waals surface area contributed by atoms with Crippen molar-refractivity contribution in [3.05, 3.63) is 83.4 Å². The van der Waals surface area contributed by atoms with Gasteiger partial charge in [-0.3, -0.25) is 18.4 Å². The fourth-order valence-corrected chi connectivity index (χ4v) is 7.39. The van der Waals surface area contributed by atoms with Crippen molar-refractivity contribution in [1.29, 1.82) is 0 Å². The van der Waals surface area contributed by atoms with Crippen LogP contribution in [-0.4, -0.2) is 65.8 Å². The molecule has 11 nitrogen and oxygen atoms in total. The van der Waals surface area contributed by atoms with Crippen LogP contribution >= 0.6 is 0 Å². The van der Waals surface area contributed by atoms with Crippen LogP contribution in [0.3, 0.4) is 0 Å². The second-order valence-corrected chi connectivity index (χ2v) is 12.0. The lowest BCUT2D eigenvalue weighted by Crippen LogP contribution is -2.41. The molecule has 0 spiro atoms. The Morgan fingerprint density at radius 3 is 2.63 bits per heavy atom. The number of hydrogen-bond acceptors (Lipinski definition) is 6. The molecule has 0 N–H and O–H groups in total. The number of fused-ring (bicyclic) bond motifs is 6. The fourth-order valence-electron chi connectivity index (χ4n) is 7.39. The summed E-state index contributed by atoms with van der Waals surface area (Å²) in [6, 6.07) is 17.0. The Labute approximate surface area is 263 Å². The van der Waals surface area contributed by atoms with Crippen molar-refractivity contribution in [2.45, 2.75) is 31.3 Å². The molecule has 2 aliphatic rings. The zero-order valence-electron chi connectivity index (χ0n) is 25.7. The number of carbonyl (C=O) groups excluding carboxylic acids is 1. The molecule has 1 aliphatic carbocycles. The molecule has 12 heteroatoms. The molecular formula is C34H32FN7O4. The normalized spacial score (nSPS) is 17.9. The number of halogens is 1. The molecule has 1 aliphatic heterocycles. The summed E-state index contributed by atoms with van der Waals surface area (Å²) in [4.78, 5) is 33.7. The van der Waals surface area contributed by atoms with E-state index in [0.717, 1.165) is 22.2 Å². The lowest BCUT2D eigenvalue weighted by Gasteiger charge is -2.28. The summed E-state index contributed by atoms with van der Waals surface area (Å²) >= 11 is 0. The van der Waals surface area contributed by atoms with Gasteiger partial charge >= 0.3 is 11.8 Å². The second kappa shape index (κ2) is 10.6. The quantitative estimate of drug-likeness (QED) is 0.255. The Morgan fingerprint density at radius 1 is 1.07 bits per heavy atom. The fraction of sp³-hybridized carbons (Fsp3) is 0.294. The van der Waals surface area contributed by atoms with Crippen LogP contribution in [0.25, 0.3) is 50.1 Å². The van der Waals surface area contributed by atoms with E-state index in [1.165, 1.54) is 11.8 Å². The maximum Gasteiger partial charge on any atom is 0.409 e. The number of benzene rings is 2. The summed E-state index contributed by atoms with van der Waals surface area (Å²) in [5, 5.41) is 4.79. The van der Waals surface area contributed by atoms with Crippen molar-refractivity contribution in [2.24, 2.45) is 14.1 Å². The minimum atomic E-state index is -0.617. The summed E-state index contributed by atoms with van der Waals surface area (Å²) in [7, 11) is 4.82. The topological polar surface area (TPSA) is 101 Å². The highest BCUT2D eigenvalue weighted by atomic mass is 19.1. The molecule has 234 valence electrons. The van der Waals surface area contributed by atoms with Gasteiger partial charge in [-0.05, 0) is 49.1 Å². The molecule has 5 heterocycles. The number of nitrogens with zero attached hydrogens (tertiary/aromatic N) is 7. The number of para-hydroxylation sites is 1. The zero-order valence-corrected chi connectivity index (χ0v) is 25.7. The maximum atomic E-state index is 15.8. The van der Waals surface area contributed by atoms with Crippen molar-refractivity contribution < 1.29 is 18.7 Å². The number of carbonyl (C=O) groups is 1. The first-order valence-electron chi connectivity index (χ1n) is 15.3. The minimum Gasteiger partial charge on any atom is -0.492 e. The van der Waals surface area contributed by atoms with E-state index >= 15 is 4.39 Å². The van der Waals surface area contributed by atoms with E-state index in [1.54, 1.807) is 36.0 Å². The molecule has 2 atom stereocenters. The van der Waals surface area contributed by atoms with Gasteiger partial charge in [-0.2, -0.15) is 4.39 Å². The predicted molar refractivity (Wildman–Crippen MR) is 171 cm³/mol. The average Bonchev–Trinajstić information content (AvgIpc) is 3.82. The van der Waals surface area contributed by atoms with Crippen LogP contribution in [0.1, 0.15) is 25.3 Å². The molecule has 46 heavy (non-hydrogen) atoms. The Kier molecular flexibility index (Phi) is 6.48. The van der Waals surface area contributed by atoms with Crippen LogP contribution in [0.4, 0.5) is 9.18 Å². The van der Waals surface area contributed by atoms with Crippen LogP contribution < -0.4 is 10.4 Å². The highest BCUT2D eigenvalue weighted by Crippen LogP contribution is 2.47. The molecule has 1 fully saturated rings. The lowest BCUT2D eigenvalue weighted by molar-refractivity contribution is 0.0958. The third kappa shape index (κ3) is 4.16. The largest absolute Gasteiger partial charge is 0.492 e. The number of aromatic nitrogens is 6. The lowest BCUT2D eigenvalue weighted by atomic mass is 9.99. The van der Waals surface area contributed by atoms with Gasteiger partial charge in [0.1, 0.15) is 18.0 Å². The van der Waals surface area contributed by atoms with Gasteiger partial charge in [-0.25, -0.2) is 14.6 Å². The zero-order chi connectivity index (χ0) is 31.7. The van der Waals surface area contributed by atoms with Crippen molar-refractivity contribution in [2.75, 3.05) is 20.3 Å². The standard InChI is InChI=1S/C34H32FN7O4/c1-38-19-25(31(35)37-38)29-27-20-8-7-11-24(16-20)46-15-14-40(34(44)45-3)22-12-13-23(17-22)42-30-26(39(2)33(42)43)18-36-32(28(27)30)41(29)21-9-5-4-6-10-21/h4-11,16,18-19,22-23H,12-15,17H2,1-3H3/t22-,23-/m1/s1. The van der Waals surface area contributed by atoms with Gasteiger partial charge in [-0.1, -0.05) is 30.3 Å². The van der Waals surface area contributed by atoms with Crippen molar-refractivity contribution in [1.82, 2.24) is 33.4 Å². The Bertz CT molecular complexity index is 2210. The van der Waals surface area contributed by atoms with Gasteiger partial charge in [0, 0.05) is 43.6 Å². The first kappa shape index (κ1) is 28.1. The van der Waals surface area contributed by atoms with Crippen LogP contribution in [0.15, 0.2) is 71.8 Å². The highest BCUT2D eigenvalue weighted by molar-refractivity contribution is 6.15. The maximum absolute atomic E-state index is 15.8. The number of aryl methyl sites for hydroxylation is 2. The molecule has 8 rings (SSSR count). The van der Waals surface area contributed by atoms with Crippen LogP contribution in [0, 0.1) is 5.95 Å². The molecule has 0 saturated heterocycles. The van der Waals surface area contributed by atoms with E-state index in [1.807, 2.05) is 63.7 Å². The summed E-state index contributed by atoms with van der Waals surface area (Å²) < 4.78 is 34.1. The third-order valence-corrected chi connectivity index (χ3v) is 9.40. The van der Waals surface area contributed by atoms with Gasteiger partial charge in [-0.15, -0.1) is 5.10 Å². The van der Waals surface area contributed by atoms with Gasteiger partial charge in [0.15, 0.2) is 0 Å². The van der Waals surface area contributed by atoms with E-state index in [2.05, 4.69) is 5.10 Å². The third-order valence-electron chi connectivity index (χ3n) is 9.40. The van der Waals surface area contributed by atoms with Crippen LogP contribution in [0.2, 0.25) is 0 Å². The van der Waals surface area contributed by atoms with E-state index in [0.29, 0.717) is 59.5 Å². The minimum absolute atomic E-state index is 0.136. The number of pyridine rings is 1. The highest BCUT2D eigenvalue weighted by Gasteiger charge is 2.37. The Morgan fingerprint density at radius 2 is 1.87 bits per heavy atom. The molecule has 1 amide bonds. The summed E-state index contributed by atoms with van der Waals surface area (Å²) in [5.41, 5.74) is 4.93. The van der Waals surface area contributed by atoms with E-state index in [4.69, 9.17) is 14.5 Å². The molecule has 6 aromatic rings. The predicted octanol–water partition coefficient (Wildman–Crippen LogP) is 5.44. The number of imidazole rings is 1. The van der Waals surface area contributed by atoms with Crippen LogP contribution in [0.5, 0.6) is 5.75 Å². The molecule has 2 aromatic carbocycles.